The van der Waals surface area contributed by atoms with Crippen LogP contribution in [0.5, 0.6) is 0 Å². The van der Waals surface area contributed by atoms with E-state index in [0.29, 0.717) is 13.0 Å². The van der Waals surface area contributed by atoms with E-state index in [1.54, 1.807) is 0 Å². The number of aryl methyl sites for hydroxylation is 1. The van der Waals surface area contributed by atoms with Gasteiger partial charge in [0.25, 0.3) is 0 Å². The van der Waals surface area contributed by atoms with Crippen molar-refractivity contribution in [3.05, 3.63) is 35.5 Å². The van der Waals surface area contributed by atoms with Crippen LogP contribution in [0.15, 0.2) is 24.3 Å². The van der Waals surface area contributed by atoms with Gasteiger partial charge in [0, 0.05) is 29.6 Å². The number of aromatic amines is 1. The molecule has 1 aromatic heterocycles. The molecule has 0 saturated heterocycles. The third kappa shape index (κ3) is 2.49. The highest BCUT2D eigenvalue weighted by Crippen LogP contribution is 2.21. The first-order chi connectivity index (χ1) is 8.22. The highest BCUT2D eigenvalue weighted by atomic mass is 16.1. The molecule has 3 heteroatoms. The van der Waals surface area contributed by atoms with Gasteiger partial charge in [0.05, 0.1) is 0 Å². The number of benzene rings is 1. The fourth-order valence-corrected chi connectivity index (χ4v) is 2.06. The molecule has 0 saturated carbocycles. The van der Waals surface area contributed by atoms with Crippen LogP contribution in [-0.2, 0) is 11.3 Å². The quantitative estimate of drug-likeness (QED) is 0.833. The number of fused-ring (bicyclic) bond motifs is 1. The second kappa shape index (κ2) is 5.04. The molecular formula is C14H18N2O. The maximum Gasteiger partial charge on any atom is 0.220 e. The predicted octanol–water partition coefficient (Wildman–Crippen LogP) is 2.89. The van der Waals surface area contributed by atoms with Crippen molar-refractivity contribution in [3.8, 4) is 0 Å². The van der Waals surface area contributed by atoms with Gasteiger partial charge in [-0.2, -0.15) is 0 Å². The monoisotopic (exact) mass is 230 g/mol. The Hall–Kier alpha value is -1.77. The van der Waals surface area contributed by atoms with Crippen LogP contribution >= 0.6 is 0 Å². The molecule has 0 fully saturated rings. The maximum absolute atomic E-state index is 11.5. The number of nitrogens with one attached hydrogen (secondary N) is 2. The number of carbonyl (C=O) groups excluding carboxylic acids is 1. The van der Waals surface area contributed by atoms with E-state index in [1.165, 1.54) is 10.9 Å². The number of rotatable bonds is 4. The van der Waals surface area contributed by atoms with Gasteiger partial charge in [-0.15, -0.1) is 0 Å². The van der Waals surface area contributed by atoms with Gasteiger partial charge in [-0.3, -0.25) is 4.79 Å². The molecule has 2 rings (SSSR count). The number of aromatic nitrogens is 1. The fourth-order valence-electron chi connectivity index (χ4n) is 2.06. The number of para-hydroxylation sites is 1. The van der Waals surface area contributed by atoms with Gasteiger partial charge in [-0.25, -0.2) is 0 Å². The molecule has 1 heterocycles. The molecule has 1 aromatic carbocycles. The second-order valence-electron chi connectivity index (χ2n) is 4.30. The molecule has 90 valence electrons. The Labute approximate surface area is 101 Å². The van der Waals surface area contributed by atoms with Crippen LogP contribution in [0, 0.1) is 6.92 Å². The van der Waals surface area contributed by atoms with Crippen LogP contribution in [0.25, 0.3) is 10.9 Å². The van der Waals surface area contributed by atoms with Gasteiger partial charge in [-0.05, 0) is 25.0 Å². The largest absolute Gasteiger partial charge is 0.358 e. The van der Waals surface area contributed by atoms with E-state index in [2.05, 4.69) is 22.4 Å². The zero-order valence-electron chi connectivity index (χ0n) is 10.3. The van der Waals surface area contributed by atoms with Gasteiger partial charge in [-0.1, -0.05) is 25.1 Å². The van der Waals surface area contributed by atoms with Crippen LogP contribution in [0.4, 0.5) is 0 Å². The lowest BCUT2D eigenvalue weighted by Gasteiger charge is -2.04. The van der Waals surface area contributed by atoms with Crippen molar-refractivity contribution in [1.29, 1.82) is 0 Å². The summed E-state index contributed by atoms with van der Waals surface area (Å²) in [5.41, 5.74) is 3.44. The van der Waals surface area contributed by atoms with E-state index in [4.69, 9.17) is 0 Å². The van der Waals surface area contributed by atoms with Crippen molar-refractivity contribution >= 4 is 16.8 Å². The average molecular weight is 230 g/mol. The second-order valence-corrected chi connectivity index (χ2v) is 4.30. The first kappa shape index (κ1) is 11.7. The molecule has 2 aromatic rings. The van der Waals surface area contributed by atoms with Crippen molar-refractivity contribution < 1.29 is 4.79 Å². The SMILES string of the molecule is CCCC(=O)NCc1c(C)[nH]c2ccccc12. The highest BCUT2D eigenvalue weighted by Gasteiger charge is 2.08. The summed E-state index contributed by atoms with van der Waals surface area (Å²) < 4.78 is 0. The Morgan fingerprint density at radius 2 is 2.12 bits per heavy atom. The minimum atomic E-state index is 0.122. The van der Waals surface area contributed by atoms with E-state index in [1.807, 2.05) is 26.0 Å². The number of amides is 1. The fraction of sp³-hybridized carbons (Fsp3) is 0.357. The minimum Gasteiger partial charge on any atom is -0.358 e. The molecule has 17 heavy (non-hydrogen) atoms. The van der Waals surface area contributed by atoms with E-state index < -0.39 is 0 Å². The molecule has 0 bridgehead atoms. The Bertz CT molecular complexity index is 528. The average Bonchev–Trinajstić information content (AvgIpc) is 2.62. The molecule has 0 aliphatic heterocycles. The standard InChI is InChI=1S/C14H18N2O/c1-3-6-14(17)15-9-12-10(2)16-13-8-5-4-7-11(12)13/h4-5,7-8,16H,3,6,9H2,1-2H3,(H,15,17). The molecule has 0 atom stereocenters. The smallest absolute Gasteiger partial charge is 0.220 e. The molecule has 1 amide bonds. The summed E-state index contributed by atoms with van der Waals surface area (Å²) in [6, 6.07) is 8.17. The maximum atomic E-state index is 11.5. The molecule has 0 aliphatic carbocycles. The van der Waals surface area contributed by atoms with Crippen LogP contribution in [0.1, 0.15) is 31.0 Å². The van der Waals surface area contributed by atoms with Gasteiger partial charge in [0.1, 0.15) is 0 Å². The minimum absolute atomic E-state index is 0.122. The molecule has 2 N–H and O–H groups in total. The lowest BCUT2D eigenvalue weighted by Crippen LogP contribution is -2.22. The Balaban J connectivity index is 2.18. The van der Waals surface area contributed by atoms with Crippen molar-refractivity contribution in [2.75, 3.05) is 0 Å². The lowest BCUT2D eigenvalue weighted by molar-refractivity contribution is -0.121. The van der Waals surface area contributed by atoms with Crippen molar-refractivity contribution in [3.63, 3.8) is 0 Å². The third-order valence-corrected chi connectivity index (χ3v) is 2.97. The molecule has 0 unspecified atom stereocenters. The zero-order valence-corrected chi connectivity index (χ0v) is 10.3. The predicted molar refractivity (Wildman–Crippen MR) is 69.8 cm³/mol. The lowest BCUT2D eigenvalue weighted by atomic mass is 10.1. The molecule has 0 aliphatic rings. The van der Waals surface area contributed by atoms with Crippen LogP contribution in [0.3, 0.4) is 0 Å². The van der Waals surface area contributed by atoms with E-state index >= 15 is 0 Å². The van der Waals surface area contributed by atoms with Crippen LogP contribution in [0.2, 0.25) is 0 Å². The number of hydrogen-bond donors (Lipinski definition) is 2. The molecule has 3 nitrogen and oxygen atoms in total. The normalized spacial score (nSPS) is 10.7. The summed E-state index contributed by atoms with van der Waals surface area (Å²) in [6.45, 7) is 4.66. The first-order valence-electron chi connectivity index (χ1n) is 6.05. The van der Waals surface area contributed by atoms with Crippen molar-refractivity contribution in [2.45, 2.75) is 33.2 Å². The van der Waals surface area contributed by atoms with Crippen LogP contribution < -0.4 is 5.32 Å². The summed E-state index contributed by atoms with van der Waals surface area (Å²) in [6.07, 6.45) is 1.49. The number of carbonyl (C=O) groups is 1. The van der Waals surface area contributed by atoms with Crippen molar-refractivity contribution in [2.24, 2.45) is 0 Å². The Morgan fingerprint density at radius 1 is 1.35 bits per heavy atom. The van der Waals surface area contributed by atoms with E-state index in [0.717, 1.165) is 17.6 Å². The van der Waals surface area contributed by atoms with Gasteiger partial charge in [0.15, 0.2) is 0 Å². The van der Waals surface area contributed by atoms with Crippen molar-refractivity contribution in [1.82, 2.24) is 10.3 Å². The first-order valence-corrected chi connectivity index (χ1v) is 6.05. The van der Waals surface area contributed by atoms with Gasteiger partial charge in [0.2, 0.25) is 5.91 Å². The van der Waals surface area contributed by atoms with E-state index in [9.17, 15) is 4.79 Å². The molecular weight excluding hydrogens is 212 g/mol. The summed E-state index contributed by atoms with van der Waals surface area (Å²) in [5, 5.41) is 4.16. The summed E-state index contributed by atoms with van der Waals surface area (Å²) in [4.78, 5) is 14.8. The number of hydrogen-bond acceptors (Lipinski definition) is 1. The summed E-state index contributed by atoms with van der Waals surface area (Å²) >= 11 is 0. The number of H-pyrrole nitrogens is 1. The molecule has 0 spiro atoms. The summed E-state index contributed by atoms with van der Waals surface area (Å²) in [5.74, 6) is 0.122. The Morgan fingerprint density at radius 3 is 2.88 bits per heavy atom. The van der Waals surface area contributed by atoms with Gasteiger partial charge < -0.3 is 10.3 Å². The van der Waals surface area contributed by atoms with Crippen LogP contribution in [-0.4, -0.2) is 10.9 Å². The highest BCUT2D eigenvalue weighted by molar-refractivity contribution is 5.85. The summed E-state index contributed by atoms with van der Waals surface area (Å²) in [7, 11) is 0. The molecule has 0 radical (unpaired) electrons. The Kier molecular flexibility index (Phi) is 3.47. The topological polar surface area (TPSA) is 44.9 Å². The van der Waals surface area contributed by atoms with E-state index in [-0.39, 0.29) is 5.91 Å². The third-order valence-electron chi connectivity index (χ3n) is 2.97. The zero-order chi connectivity index (χ0) is 12.3. The van der Waals surface area contributed by atoms with Gasteiger partial charge >= 0.3 is 0 Å².